The summed E-state index contributed by atoms with van der Waals surface area (Å²) in [4.78, 5) is 12.0. The largest absolute Gasteiger partial charge is 0.466 e. The summed E-state index contributed by atoms with van der Waals surface area (Å²) in [5, 5.41) is 0. The lowest BCUT2D eigenvalue weighted by molar-refractivity contribution is -0.143. The van der Waals surface area contributed by atoms with Crippen LogP contribution in [0.15, 0.2) is 12.2 Å². The molecule has 2 nitrogen and oxygen atoms in total. The molecule has 0 rings (SSSR count). The molecule has 0 radical (unpaired) electrons. The van der Waals surface area contributed by atoms with Crippen molar-refractivity contribution in [2.24, 2.45) is 5.92 Å². The summed E-state index contributed by atoms with van der Waals surface area (Å²) in [6.07, 6.45) is 65.1. The van der Waals surface area contributed by atoms with E-state index in [1.165, 1.54) is 257 Å². The molecule has 322 valence electrons. The Morgan fingerprint density at radius 3 is 0.981 bits per heavy atom. The summed E-state index contributed by atoms with van der Waals surface area (Å²) in [6.45, 7) is 7.57. The second-order valence-corrected chi connectivity index (χ2v) is 18.0. The highest BCUT2D eigenvalue weighted by Gasteiger charge is 2.03. The van der Waals surface area contributed by atoms with Gasteiger partial charge in [0.05, 0.1) is 6.61 Å². The molecule has 0 atom stereocenters. The number of ether oxygens (including phenoxy) is 1. The molecule has 0 bridgehead atoms. The lowest BCUT2D eigenvalue weighted by Crippen LogP contribution is -2.05. The summed E-state index contributed by atoms with van der Waals surface area (Å²) < 4.78 is 5.46. The molecule has 0 aliphatic heterocycles. The SMILES string of the molecule is CCCCC=CCCCCCCCC(=O)OCCCCCCCCCCCCCCCCCCCCCCCCCCCCCCCCCCCC(C)C. The van der Waals surface area contributed by atoms with Gasteiger partial charge in [0.15, 0.2) is 0 Å². The predicted octanol–water partition coefficient (Wildman–Crippen LogP) is 18.9. The zero-order valence-electron chi connectivity index (χ0n) is 37.9. The Kier molecular flexibility index (Phi) is 47.7. The van der Waals surface area contributed by atoms with Crippen molar-refractivity contribution in [3.8, 4) is 0 Å². The third-order valence-electron chi connectivity index (χ3n) is 11.8. The van der Waals surface area contributed by atoms with Gasteiger partial charge < -0.3 is 4.74 Å². The molecule has 0 aliphatic carbocycles. The molecule has 0 fully saturated rings. The van der Waals surface area contributed by atoms with Gasteiger partial charge in [0.1, 0.15) is 0 Å². The third kappa shape index (κ3) is 49.2. The Hall–Kier alpha value is -0.790. The molecule has 0 aliphatic rings. The van der Waals surface area contributed by atoms with E-state index < -0.39 is 0 Å². The molecule has 0 heterocycles. The van der Waals surface area contributed by atoms with Crippen LogP contribution >= 0.6 is 0 Å². The molecule has 54 heavy (non-hydrogen) atoms. The Balaban J connectivity index is 3.13. The van der Waals surface area contributed by atoms with Crippen LogP contribution in [0.5, 0.6) is 0 Å². The van der Waals surface area contributed by atoms with Crippen LogP contribution in [0.1, 0.15) is 303 Å². The molecule has 0 saturated carbocycles. The lowest BCUT2D eigenvalue weighted by atomic mass is 10.0. The number of rotatable bonds is 47. The second-order valence-electron chi connectivity index (χ2n) is 18.0. The van der Waals surface area contributed by atoms with Crippen LogP contribution in [0.3, 0.4) is 0 Å². The van der Waals surface area contributed by atoms with Crippen molar-refractivity contribution in [2.45, 2.75) is 303 Å². The lowest BCUT2D eigenvalue weighted by Gasteiger charge is -2.06. The van der Waals surface area contributed by atoms with Crippen molar-refractivity contribution >= 4 is 5.97 Å². The molecule has 0 amide bonds. The van der Waals surface area contributed by atoms with E-state index in [9.17, 15) is 4.79 Å². The highest BCUT2D eigenvalue weighted by molar-refractivity contribution is 5.69. The van der Waals surface area contributed by atoms with Gasteiger partial charge in [-0.1, -0.05) is 277 Å². The minimum Gasteiger partial charge on any atom is -0.466 e. The van der Waals surface area contributed by atoms with E-state index in [1.54, 1.807) is 0 Å². The molecular formula is C52H102O2. The van der Waals surface area contributed by atoms with E-state index in [0.29, 0.717) is 13.0 Å². The van der Waals surface area contributed by atoms with E-state index in [2.05, 4.69) is 32.9 Å². The van der Waals surface area contributed by atoms with Gasteiger partial charge in [-0.3, -0.25) is 4.79 Å². The average molecular weight is 759 g/mol. The summed E-state index contributed by atoms with van der Waals surface area (Å²) in [6, 6.07) is 0. The number of unbranched alkanes of at least 4 members (excludes halogenated alkanes) is 39. The summed E-state index contributed by atoms with van der Waals surface area (Å²) in [5.41, 5.74) is 0. The topological polar surface area (TPSA) is 26.3 Å². The quantitative estimate of drug-likeness (QED) is 0.0351. The molecule has 0 saturated heterocycles. The minimum absolute atomic E-state index is 0.0184. The Labute approximate surface area is 342 Å². The first kappa shape index (κ1) is 53.2. The van der Waals surface area contributed by atoms with Gasteiger partial charge >= 0.3 is 5.97 Å². The van der Waals surface area contributed by atoms with Crippen LogP contribution in [-0.2, 0) is 9.53 Å². The second kappa shape index (κ2) is 48.4. The van der Waals surface area contributed by atoms with Crippen LogP contribution in [-0.4, -0.2) is 12.6 Å². The van der Waals surface area contributed by atoms with Crippen LogP contribution < -0.4 is 0 Å². The van der Waals surface area contributed by atoms with Crippen molar-refractivity contribution in [2.75, 3.05) is 6.61 Å². The van der Waals surface area contributed by atoms with Crippen LogP contribution in [0.2, 0.25) is 0 Å². The number of hydrogen-bond donors (Lipinski definition) is 0. The number of allylic oxidation sites excluding steroid dienone is 2. The first-order valence-electron chi connectivity index (χ1n) is 25.5. The molecule has 0 aromatic heterocycles. The predicted molar refractivity (Wildman–Crippen MR) is 244 cm³/mol. The van der Waals surface area contributed by atoms with Crippen LogP contribution in [0.4, 0.5) is 0 Å². The van der Waals surface area contributed by atoms with E-state index >= 15 is 0 Å². The molecule has 0 spiro atoms. The summed E-state index contributed by atoms with van der Waals surface area (Å²) in [7, 11) is 0. The third-order valence-corrected chi connectivity index (χ3v) is 11.8. The van der Waals surface area contributed by atoms with Gasteiger partial charge in [-0.05, 0) is 38.0 Å². The fraction of sp³-hybridized carbons (Fsp3) is 0.942. The fourth-order valence-corrected chi connectivity index (χ4v) is 8.01. The van der Waals surface area contributed by atoms with Gasteiger partial charge in [0, 0.05) is 6.42 Å². The van der Waals surface area contributed by atoms with E-state index in [4.69, 9.17) is 4.74 Å². The monoisotopic (exact) mass is 759 g/mol. The van der Waals surface area contributed by atoms with Crippen LogP contribution in [0, 0.1) is 5.92 Å². The van der Waals surface area contributed by atoms with Gasteiger partial charge in [-0.15, -0.1) is 0 Å². The van der Waals surface area contributed by atoms with Crippen molar-refractivity contribution in [1.82, 2.24) is 0 Å². The van der Waals surface area contributed by atoms with Gasteiger partial charge in [0.25, 0.3) is 0 Å². The first-order valence-corrected chi connectivity index (χ1v) is 25.5. The molecule has 0 aromatic carbocycles. The first-order chi connectivity index (χ1) is 26.7. The fourth-order valence-electron chi connectivity index (χ4n) is 8.01. The van der Waals surface area contributed by atoms with Crippen LogP contribution in [0.25, 0.3) is 0 Å². The number of hydrogen-bond acceptors (Lipinski definition) is 2. The van der Waals surface area contributed by atoms with Gasteiger partial charge in [-0.2, -0.15) is 0 Å². The summed E-state index contributed by atoms with van der Waals surface area (Å²) in [5.74, 6) is 0.908. The number of esters is 1. The average Bonchev–Trinajstić information content (AvgIpc) is 3.16. The zero-order chi connectivity index (χ0) is 39.1. The highest BCUT2D eigenvalue weighted by atomic mass is 16.5. The van der Waals surface area contributed by atoms with Gasteiger partial charge in [-0.25, -0.2) is 0 Å². The standard InChI is InChI=1S/C52H102O2/c1-4-5-6-7-8-9-33-37-40-43-46-49-52(53)54-50-47-44-41-38-35-32-30-28-26-24-22-20-18-16-14-12-10-11-13-15-17-19-21-23-25-27-29-31-34-36-39-42-45-48-51(2)3/h7-8,51H,4-6,9-50H2,1-3H3. The minimum atomic E-state index is 0.0184. The van der Waals surface area contributed by atoms with E-state index in [1.807, 2.05) is 0 Å². The molecule has 0 aromatic rings. The maximum absolute atomic E-state index is 12.0. The van der Waals surface area contributed by atoms with E-state index in [0.717, 1.165) is 25.2 Å². The normalized spacial score (nSPS) is 11.8. The summed E-state index contributed by atoms with van der Waals surface area (Å²) >= 11 is 0. The number of carbonyl (C=O) groups is 1. The van der Waals surface area contributed by atoms with Crippen molar-refractivity contribution < 1.29 is 9.53 Å². The smallest absolute Gasteiger partial charge is 0.305 e. The molecule has 0 unspecified atom stereocenters. The molecular weight excluding hydrogens is 657 g/mol. The highest BCUT2D eigenvalue weighted by Crippen LogP contribution is 2.18. The molecule has 2 heteroatoms. The Morgan fingerprint density at radius 1 is 0.370 bits per heavy atom. The van der Waals surface area contributed by atoms with Crippen molar-refractivity contribution in [1.29, 1.82) is 0 Å². The van der Waals surface area contributed by atoms with Crippen molar-refractivity contribution in [3.63, 3.8) is 0 Å². The van der Waals surface area contributed by atoms with E-state index in [-0.39, 0.29) is 5.97 Å². The van der Waals surface area contributed by atoms with Gasteiger partial charge in [0.2, 0.25) is 0 Å². The molecule has 0 N–H and O–H groups in total. The zero-order valence-corrected chi connectivity index (χ0v) is 37.9. The Bertz CT molecular complexity index is 711. The van der Waals surface area contributed by atoms with Crippen molar-refractivity contribution in [3.05, 3.63) is 12.2 Å². The maximum atomic E-state index is 12.0. The number of carbonyl (C=O) groups excluding carboxylic acids is 1. The Morgan fingerprint density at radius 2 is 0.648 bits per heavy atom. The maximum Gasteiger partial charge on any atom is 0.305 e.